The van der Waals surface area contributed by atoms with Gasteiger partial charge < -0.3 is 14.7 Å². The van der Waals surface area contributed by atoms with Crippen LogP contribution in [0.5, 0.6) is 0 Å². The number of ether oxygens (including phenoxy) is 1. The summed E-state index contributed by atoms with van der Waals surface area (Å²) in [4.78, 5) is 18.1. The van der Waals surface area contributed by atoms with Crippen LogP contribution in [0.15, 0.2) is 24.3 Å². The van der Waals surface area contributed by atoms with E-state index in [1.54, 1.807) is 16.2 Å². The highest BCUT2D eigenvalue weighted by atomic mass is 32.1. The van der Waals surface area contributed by atoms with E-state index in [0.29, 0.717) is 19.0 Å². The summed E-state index contributed by atoms with van der Waals surface area (Å²) in [7, 11) is 0. The summed E-state index contributed by atoms with van der Waals surface area (Å²) in [5.41, 5.74) is 1.06. The number of aliphatic hydroxyl groups excluding tert-OH is 1. The maximum Gasteiger partial charge on any atom is 0.409 e. The second-order valence-electron chi connectivity index (χ2n) is 5.12. The van der Waals surface area contributed by atoms with Gasteiger partial charge in [-0.15, -0.1) is 11.3 Å². The Morgan fingerprint density at radius 3 is 2.86 bits per heavy atom. The van der Waals surface area contributed by atoms with Gasteiger partial charge in [0.2, 0.25) is 0 Å². The average molecular weight is 306 g/mol. The van der Waals surface area contributed by atoms with Crippen molar-refractivity contribution in [1.29, 1.82) is 0 Å². The van der Waals surface area contributed by atoms with Gasteiger partial charge in [0.15, 0.2) is 0 Å². The minimum Gasteiger partial charge on any atom is -0.447 e. The molecule has 0 spiro atoms. The molecule has 5 nitrogen and oxygen atoms in total. The molecule has 21 heavy (non-hydrogen) atoms. The Labute approximate surface area is 127 Å². The van der Waals surface area contributed by atoms with Crippen molar-refractivity contribution >= 4 is 27.6 Å². The minimum absolute atomic E-state index is 0.0661. The van der Waals surface area contributed by atoms with Gasteiger partial charge >= 0.3 is 6.09 Å². The van der Waals surface area contributed by atoms with E-state index < -0.39 is 0 Å². The third kappa shape index (κ3) is 3.16. The van der Waals surface area contributed by atoms with Crippen LogP contribution in [0.25, 0.3) is 10.2 Å². The summed E-state index contributed by atoms with van der Waals surface area (Å²) in [5.74, 6) is 0.421. The fraction of sp³-hybridized carbons (Fsp3) is 0.467. The van der Waals surface area contributed by atoms with Gasteiger partial charge in [-0.25, -0.2) is 9.78 Å². The van der Waals surface area contributed by atoms with Crippen LogP contribution in [0.1, 0.15) is 23.8 Å². The number of nitrogens with zero attached hydrogens (tertiary/aromatic N) is 2. The number of amides is 1. The van der Waals surface area contributed by atoms with Crippen molar-refractivity contribution in [2.75, 3.05) is 26.3 Å². The lowest BCUT2D eigenvalue weighted by Crippen LogP contribution is -2.38. The van der Waals surface area contributed by atoms with Crippen molar-refractivity contribution < 1.29 is 14.6 Å². The SMILES string of the molecule is O=C(OCCO)N1CCC(c2nc3ccccc3s2)CC1. The number of carbonyl (C=O) groups excluding carboxylic acids is 1. The van der Waals surface area contributed by atoms with Gasteiger partial charge in [-0.1, -0.05) is 12.1 Å². The Bertz CT molecular complexity index is 587. The van der Waals surface area contributed by atoms with Crippen LogP contribution >= 0.6 is 11.3 Å². The molecule has 112 valence electrons. The molecule has 1 N–H and O–H groups in total. The number of benzene rings is 1. The Balaban J connectivity index is 1.61. The monoisotopic (exact) mass is 306 g/mol. The first kappa shape index (κ1) is 14.3. The molecule has 1 aromatic carbocycles. The largest absolute Gasteiger partial charge is 0.447 e. The quantitative estimate of drug-likeness (QED) is 0.947. The normalized spacial score (nSPS) is 16.3. The smallest absolute Gasteiger partial charge is 0.409 e. The third-order valence-electron chi connectivity index (χ3n) is 3.73. The summed E-state index contributed by atoms with van der Waals surface area (Å²) >= 11 is 1.75. The van der Waals surface area contributed by atoms with Gasteiger partial charge in [-0.05, 0) is 25.0 Å². The number of carbonyl (C=O) groups is 1. The van der Waals surface area contributed by atoms with Crippen molar-refractivity contribution in [3.8, 4) is 0 Å². The molecule has 6 heteroatoms. The van der Waals surface area contributed by atoms with Crippen LogP contribution < -0.4 is 0 Å². The van der Waals surface area contributed by atoms with E-state index in [-0.39, 0.29) is 19.3 Å². The van der Waals surface area contributed by atoms with Gasteiger partial charge in [-0.2, -0.15) is 0 Å². The van der Waals surface area contributed by atoms with Gasteiger partial charge in [0.05, 0.1) is 21.8 Å². The summed E-state index contributed by atoms with van der Waals surface area (Å²) in [5, 5.41) is 9.84. The molecule has 0 saturated carbocycles. The molecule has 1 amide bonds. The molecule has 1 fully saturated rings. The summed E-state index contributed by atoms with van der Waals surface area (Å²) in [6.45, 7) is 1.31. The molecule has 2 heterocycles. The Morgan fingerprint density at radius 1 is 1.38 bits per heavy atom. The highest BCUT2D eigenvalue weighted by Gasteiger charge is 2.26. The molecule has 1 aliphatic heterocycles. The lowest BCUT2D eigenvalue weighted by Gasteiger charge is -2.30. The van der Waals surface area contributed by atoms with Crippen molar-refractivity contribution in [2.45, 2.75) is 18.8 Å². The van der Waals surface area contributed by atoms with E-state index in [1.807, 2.05) is 18.2 Å². The Morgan fingerprint density at radius 2 is 2.14 bits per heavy atom. The topological polar surface area (TPSA) is 62.7 Å². The molecule has 2 aromatic rings. The fourth-order valence-corrected chi connectivity index (χ4v) is 3.73. The molecule has 1 saturated heterocycles. The number of aromatic nitrogens is 1. The van der Waals surface area contributed by atoms with Crippen LogP contribution in [0, 0.1) is 0 Å². The molecule has 0 atom stereocenters. The van der Waals surface area contributed by atoms with Crippen molar-refractivity contribution in [3.63, 3.8) is 0 Å². The average Bonchev–Trinajstić information content (AvgIpc) is 2.96. The lowest BCUT2D eigenvalue weighted by atomic mass is 9.98. The second-order valence-corrected chi connectivity index (χ2v) is 6.18. The van der Waals surface area contributed by atoms with Crippen LogP contribution in [-0.2, 0) is 4.74 Å². The number of rotatable bonds is 3. The van der Waals surface area contributed by atoms with Crippen molar-refractivity contribution in [3.05, 3.63) is 29.3 Å². The van der Waals surface area contributed by atoms with E-state index in [0.717, 1.165) is 18.4 Å². The van der Waals surface area contributed by atoms with E-state index >= 15 is 0 Å². The van der Waals surface area contributed by atoms with E-state index in [1.165, 1.54) is 9.71 Å². The highest BCUT2D eigenvalue weighted by Crippen LogP contribution is 2.33. The molecule has 1 aromatic heterocycles. The zero-order chi connectivity index (χ0) is 14.7. The number of hydrogen-bond acceptors (Lipinski definition) is 5. The summed E-state index contributed by atoms with van der Waals surface area (Å²) in [6.07, 6.45) is 1.49. The predicted octanol–water partition coefficient (Wildman–Crippen LogP) is 2.60. The van der Waals surface area contributed by atoms with Gasteiger partial charge in [0.1, 0.15) is 6.61 Å². The predicted molar refractivity (Wildman–Crippen MR) is 81.6 cm³/mol. The van der Waals surface area contributed by atoms with E-state index in [2.05, 4.69) is 6.07 Å². The van der Waals surface area contributed by atoms with Crippen LogP contribution in [0.2, 0.25) is 0 Å². The van der Waals surface area contributed by atoms with E-state index in [9.17, 15) is 4.79 Å². The number of fused-ring (bicyclic) bond motifs is 1. The molecular weight excluding hydrogens is 288 g/mol. The van der Waals surface area contributed by atoms with Crippen LogP contribution in [0.3, 0.4) is 0 Å². The first-order chi connectivity index (χ1) is 10.3. The summed E-state index contributed by atoms with van der Waals surface area (Å²) < 4.78 is 6.16. The second kappa shape index (κ2) is 6.41. The molecule has 0 unspecified atom stereocenters. The van der Waals surface area contributed by atoms with Gasteiger partial charge in [0, 0.05) is 19.0 Å². The van der Waals surface area contributed by atoms with Crippen molar-refractivity contribution in [2.24, 2.45) is 0 Å². The number of para-hydroxylation sites is 1. The highest BCUT2D eigenvalue weighted by molar-refractivity contribution is 7.18. The first-order valence-electron chi connectivity index (χ1n) is 7.16. The minimum atomic E-state index is -0.327. The summed E-state index contributed by atoms with van der Waals surface area (Å²) in [6, 6.07) is 8.17. The molecule has 0 aliphatic carbocycles. The number of likely N-dealkylation sites (tertiary alicyclic amines) is 1. The lowest BCUT2D eigenvalue weighted by molar-refractivity contribution is 0.0767. The fourth-order valence-electron chi connectivity index (χ4n) is 2.60. The first-order valence-corrected chi connectivity index (χ1v) is 7.97. The Kier molecular flexibility index (Phi) is 4.36. The number of hydrogen-bond donors (Lipinski definition) is 1. The van der Waals surface area contributed by atoms with Gasteiger partial charge in [-0.3, -0.25) is 0 Å². The zero-order valence-electron chi connectivity index (χ0n) is 11.7. The van der Waals surface area contributed by atoms with Crippen LogP contribution in [0.4, 0.5) is 4.79 Å². The molecule has 0 radical (unpaired) electrons. The Hall–Kier alpha value is -1.66. The zero-order valence-corrected chi connectivity index (χ0v) is 12.5. The van der Waals surface area contributed by atoms with Gasteiger partial charge in [0.25, 0.3) is 0 Å². The van der Waals surface area contributed by atoms with Crippen molar-refractivity contribution in [1.82, 2.24) is 9.88 Å². The molecular formula is C15H18N2O3S. The van der Waals surface area contributed by atoms with E-state index in [4.69, 9.17) is 14.8 Å². The maximum absolute atomic E-state index is 11.7. The van der Waals surface area contributed by atoms with Crippen LogP contribution in [-0.4, -0.2) is 47.4 Å². The number of thiazole rings is 1. The third-order valence-corrected chi connectivity index (χ3v) is 4.93. The molecule has 3 rings (SSSR count). The maximum atomic E-state index is 11.7. The standard InChI is InChI=1S/C15H18N2O3S/c18-9-10-20-15(19)17-7-5-11(6-8-17)14-16-12-3-1-2-4-13(12)21-14/h1-4,11,18H,5-10H2. The molecule has 1 aliphatic rings. The number of piperidine rings is 1. The molecule has 0 bridgehead atoms. The number of aliphatic hydroxyl groups is 1.